The van der Waals surface area contributed by atoms with Crippen LogP contribution in [-0.4, -0.2) is 0 Å². The number of hydrogen-bond donors (Lipinski definition) is 1. The van der Waals surface area contributed by atoms with Crippen LogP contribution in [0.25, 0.3) is 0 Å². The van der Waals surface area contributed by atoms with Gasteiger partial charge in [0.1, 0.15) is 0 Å². The van der Waals surface area contributed by atoms with Gasteiger partial charge in [-0.05, 0) is 36.5 Å². The monoisotopic (exact) mass is 255 g/mol. The largest absolute Gasteiger partial charge is 0.355 e. The summed E-state index contributed by atoms with van der Waals surface area (Å²) < 4.78 is 0. The minimum absolute atomic E-state index is 0.510. The van der Waals surface area contributed by atoms with E-state index in [0.717, 1.165) is 12.1 Å². The van der Waals surface area contributed by atoms with Gasteiger partial charge in [-0.25, -0.2) is 0 Å². The molecule has 0 saturated heterocycles. The van der Waals surface area contributed by atoms with Crippen LogP contribution < -0.4 is 5.32 Å². The lowest BCUT2D eigenvalue weighted by atomic mass is 10.0. The molecule has 0 bridgehead atoms. The molecule has 1 N–H and O–H groups in total. The Bertz CT molecular complexity index is 478. The second kappa shape index (κ2) is 7.63. The highest BCUT2D eigenvalue weighted by Gasteiger charge is 2.08. The summed E-state index contributed by atoms with van der Waals surface area (Å²) in [4.78, 5) is 0. The van der Waals surface area contributed by atoms with E-state index >= 15 is 0 Å². The molecular weight excluding hydrogens is 230 g/mol. The van der Waals surface area contributed by atoms with Crippen molar-refractivity contribution in [3.05, 3.63) is 65.9 Å². The molecule has 1 nitrogen and oxygen atoms in total. The van der Waals surface area contributed by atoms with E-state index in [2.05, 4.69) is 76.0 Å². The van der Waals surface area contributed by atoms with Crippen molar-refractivity contribution in [1.29, 1.82) is 0 Å². The third-order valence-electron chi connectivity index (χ3n) is 3.19. The van der Waals surface area contributed by atoms with Crippen LogP contribution in [0.1, 0.15) is 45.6 Å². The molecule has 19 heavy (non-hydrogen) atoms. The third kappa shape index (κ3) is 4.13. The van der Waals surface area contributed by atoms with Crippen LogP contribution in [0.2, 0.25) is 0 Å². The van der Waals surface area contributed by atoms with Crippen LogP contribution in [0.5, 0.6) is 0 Å². The average Bonchev–Trinajstić information content (AvgIpc) is 2.42. The van der Waals surface area contributed by atoms with Crippen LogP contribution >= 0.6 is 0 Å². The molecule has 102 valence electrons. The Morgan fingerprint density at radius 2 is 2.00 bits per heavy atom. The maximum Gasteiger partial charge on any atom is 0.0419 e. The summed E-state index contributed by atoms with van der Waals surface area (Å²) in [6.45, 7) is 12.4. The molecule has 0 atom stereocenters. The lowest BCUT2D eigenvalue weighted by molar-refractivity contribution is 0.868. The van der Waals surface area contributed by atoms with Gasteiger partial charge in [-0.3, -0.25) is 0 Å². The standard InChI is InChI=1S/C18H25N/c1-6-11-15(7-2)17(8-3)19-18-13-10-9-12-16(18)14(4)5/h6,8-14,19H,1,7H2,2-5H3/b15-11-,17-8+. The number of hydrogen-bond acceptors (Lipinski definition) is 1. The molecule has 1 heteroatoms. The van der Waals surface area contributed by atoms with Crippen molar-refractivity contribution >= 4 is 5.69 Å². The average molecular weight is 255 g/mol. The summed E-state index contributed by atoms with van der Waals surface area (Å²) in [5.41, 5.74) is 4.97. The van der Waals surface area contributed by atoms with Gasteiger partial charge in [0.25, 0.3) is 0 Å². The molecule has 1 aromatic rings. The van der Waals surface area contributed by atoms with Gasteiger partial charge in [0.2, 0.25) is 0 Å². The van der Waals surface area contributed by atoms with Crippen LogP contribution in [0, 0.1) is 0 Å². The Labute approximate surface area is 117 Å². The first-order valence-electron chi connectivity index (χ1n) is 6.98. The van der Waals surface area contributed by atoms with Gasteiger partial charge >= 0.3 is 0 Å². The molecular formula is C18H25N. The molecule has 0 heterocycles. The first kappa shape index (κ1) is 15.3. The molecule has 0 radical (unpaired) electrons. The summed E-state index contributed by atoms with van der Waals surface area (Å²) in [6, 6.07) is 8.49. The fraction of sp³-hybridized carbons (Fsp3) is 0.333. The van der Waals surface area contributed by atoms with Gasteiger partial charge in [0, 0.05) is 11.4 Å². The van der Waals surface area contributed by atoms with Gasteiger partial charge in [-0.15, -0.1) is 0 Å². The SMILES string of the molecule is C=C/C=C(CC)\C(=C/C)Nc1ccccc1C(C)C. The van der Waals surface area contributed by atoms with Gasteiger partial charge in [-0.2, -0.15) is 0 Å². The fourth-order valence-corrected chi connectivity index (χ4v) is 2.14. The third-order valence-corrected chi connectivity index (χ3v) is 3.19. The predicted octanol–water partition coefficient (Wildman–Crippen LogP) is 5.65. The number of anilines is 1. The van der Waals surface area contributed by atoms with Crippen LogP contribution in [-0.2, 0) is 0 Å². The molecule has 1 aromatic carbocycles. The van der Waals surface area contributed by atoms with E-state index in [-0.39, 0.29) is 0 Å². The zero-order valence-corrected chi connectivity index (χ0v) is 12.5. The Hall–Kier alpha value is -1.76. The fourth-order valence-electron chi connectivity index (χ4n) is 2.14. The van der Waals surface area contributed by atoms with Gasteiger partial charge in [-0.1, -0.05) is 63.8 Å². The van der Waals surface area contributed by atoms with E-state index in [1.807, 2.05) is 6.08 Å². The molecule has 0 fully saturated rings. The zero-order chi connectivity index (χ0) is 14.3. The number of allylic oxidation sites excluding steroid dienone is 4. The van der Waals surface area contributed by atoms with Crippen molar-refractivity contribution in [2.75, 3.05) is 5.32 Å². The van der Waals surface area contributed by atoms with E-state index in [1.54, 1.807) is 0 Å². The highest BCUT2D eigenvalue weighted by atomic mass is 14.9. The second-order valence-electron chi connectivity index (χ2n) is 4.85. The van der Waals surface area contributed by atoms with E-state index in [4.69, 9.17) is 0 Å². The lowest BCUT2D eigenvalue weighted by Gasteiger charge is -2.18. The summed E-state index contributed by atoms with van der Waals surface area (Å²) >= 11 is 0. The molecule has 0 amide bonds. The van der Waals surface area contributed by atoms with Crippen molar-refractivity contribution in [2.24, 2.45) is 0 Å². The van der Waals surface area contributed by atoms with Crippen LogP contribution in [0.3, 0.4) is 0 Å². The van der Waals surface area contributed by atoms with Crippen molar-refractivity contribution in [2.45, 2.75) is 40.0 Å². The summed E-state index contributed by atoms with van der Waals surface area (Å²) in [5, 5.41) is 3.56. The van der Waals surface area contributed by atoms with Crippen molar-refractivity contribution in [1.82, 2.24) is 0 Å². The minimum atomic E-state index is 0.510. The Kier molecular flexibility index (Phi) is 6.14. The second-order valence-corrected chi connectivity index (χ2v) is 4.85. The van der Waals surface area contributed by atoms with Crippen molar-refractivity contribution < 1.29 is 0 Å². The van der Waals surface area contributed by atoms with E-state index in [1.165, 1.54) is 16.8 Å². The quantitative estimate of drug-likeness (QED) is 0.648. The van der Waals surface area contributed by atoms with Crippen LogP contribution in [0.4, 0.5) is 5.69 Å². The zero-order valence-electron chi connectivity index (χ0n) is 12.5. The first-order chi connectivity index (χ1) is 9.13. The molecule has 0 spiro atoms. The number of rotatable bonds is 6. The van der Waals surface area contributed by atoms with Gasteiger partial charge < -0.3 is 5.32 Å². The maximum atomic E-state index is 3.79. The van der Waals surface area contributed by atoms with Crippen LogP contribution in [0.15, 0.2) is 60.3 Å². The van der Waals surface area contributed by atoms with E-state index < -0.39 is 0 Å². The van der Waals surface area contributed by atoms with Gasteiger partial charge in [0.05, 0.1) is 0 Å². The summed E-state index contributed by atoms with van der Waals surface area (Å²) in [7, 11) is 0. The summed E-state index contributed by atoms with van der Waals surface area (Å²) in [6.07, 6.45) is 7.02. The van der Waals surface area contributed by atoms with E-state index in [9.17, 15) is 0 Å². The molecule has 0 aliphatic carbocycles. The minimum Gasteiger partial charge on any atom is -0.355 e. The molecule has 0 unspecified atom stereocenters. The smallest absolute Gasteiger partial charge is 0.0419 e. The molecule has 0 aromatic heterocycles. The Morgan fingerprint density at radius 1 is 1.32 bits per heavy atom. The maximum absolute atomic E-state index is 3.79. The molecule has 0 saturated carbocycles. The molecule has 0 aliphatic heterocycles. The topological polar surface area (TPSA) is 12.0 Å². The highest BCUT2D eigenvalue weighted by molar-refractivity contribution is 5.59. The van der Waals surface area contributed by atoms with Crippen molar-refractivity contribution in [3.8, 4) is 0 Å². The lowest BCUT2D eigenvalue weighted by Crippen LogP contribution is -2.05. The Morgan fingerprint density at radius 3 is 2.53 bits per heavy atom. The first-order valence-corrected chi connectivity index (χ1v) is 6.98. The van der Waals surface area contributed by atoms with Gasteiger partial charge in [0.15, 0.2) is 0 Å². The number of para-hydroxylation sites is 1. The summed E-state index contributed by atoms with van der Waals surface area (Å²) in [5.74, 6) is 0.510. The van der Waals surface area contributed by atoms with Crippen molar-refractivity contribution in [3.63, 3.8) is 0 Å². The van der Waals surface area contributed by atoms with E-state index in [0.29, 0.717) is 5.92 Å². The normalized spacial score (nSPS) is 12.7. The molecule has 0 aliphatic rings. The highest BCUT2D eigenvalue weighted by Crippen LogP contribution is 2.26. The number of nitrogens with one attached hydrogen (secondary N) is 1. The number of benzene rings is 1. The predicted molar refractivity (Wildman–Crippen MR) is 86.5 cm³/mol. The molecule has 1 rings (SSSR count). The Balaban J connectivity index is 3.07.